The van der Waals surface area contributed by atoms with E-state index >= 15 is 0 Å². The van der Waals surface area contributed by atoms with Crippen LogP contribution in [0.1, 0.15) is 35.9 Å². The highest BCUT2D eigenvalue weighted by molar-refractivity contribution is 7.99. The van der Waals surface area contributed by atoms with Gasteiger partial charge in [-0.2, -0.15) is 5.10 Å². The predicted octanol–water partition coefficient (Wildman–Crippen LogP) is 5.82. The molecule has 2 aliphatic heterocycles. The van der Waals surface area contributed by atoms with E-state index in [2.05, 4.69) is 21.4 Å². The second kappa shape index (κ2) is 10.9. The van der Waals surface area contributed by atoms with Crippen LogP contribution in [0.25, 0.3) is 11.3 Å². The Morgan fingerprint density at radius 3 is 2.82 bits per heavy atom. The van der Waals surface area contributed by atoms with Crippen LogP contribution in [0.2, 0.25) is 0 Å². The lowest BCUT2D eigenvalue weighted by molar-refractivity contribution is -0.306. The number of alkyl halides is 3. The first-order chi connectivity index (χ1) is 15.7. The summed E-state index contributed by atoms with van der Waals surface area (Å²) in [5.41, 5.74) is 1.32. The standard InChI is InChI=1S/C22H22ClF3N4O2S/c1-3-18(32-22(24,25)26)11-16(10-15(2)23)20-12-19(21(31)29-8-9-33-14-29)28-30(20)17-6-4-5-7-27-13-17/h5-7,10-13H,2-4,8-9,14H2,1H3/b16-10+,18-11+. The predicted molar refractivity (Wildman–Crippen MR) is 126 cm³/mol. The Kier molecular flexibility index (Phi) is 8.25. The molecule has 1 amide bonds. The number of ether oxygens (including phenoxy) is 1. The molecular weight excluding hydrogens is 477 g/mol. The summed E-state index contributed by atoms with van der Waals surface area (Å²) in [6.45, 7) is 5.76. The number of carbonyl (C=O) groups excluding carboxylic acids is 1. The van der Waals surface area contributed by atoms with Crippen molar-refractivity contribution in [3.8, 4) is 0 Å². The number of halogens is 4. The number of thioether (sulfide) groups is 1. The fraction of sp³-hybridized carbons (Fsp3) is 0.318. The van der Waals surface area contributed by atoms with Gasteiger partial charge in [0.15, 0.2) is 5.69 Å². The lowest BCUT2D eigenvalue weighted by Gasteiger charge is -2.13. The molecule has 0 N–H and O–H groups in total. The SMILES string of the molecule is C=C(Cl)/C=C(\C=C(/CC)OC(F)(F)F)c1cc(C(=O)N2CCSC2)nn1C1=CCC=CN=C1. The van der Waals surface area contributed by atoms with E-state index < -0.39 is 6.36 Å². The Labute approximate surface area is 198 Å². The molecule has 6 nitrogen and oxygen atoms in total. The second-order valence-electron chi connectivity index (χ2n) is 7.02. The number of aliphatic imine (C=N–C) groups is 1. The molecule has 0 radical (unpaired) electrons. The fourth-order valence-corrected chi connectivity index (χ4v) is 4.19. The summed E-state index contributed by atoms with van der Waals surface area (Å²) in [5, 5.41) is 4.57. The number of hydrogen-bond acceptors (Lipinski definition) is 5. The van der Waals surface area contributed by atoms with Crippen LogP contribution in [-0.2, 0) is 4.74 Å². The van der Waals surface area contributed by atoms with Crippen molar-refractivity contribution in [2.45, 2.75) is 26.1 Å². The van der Waals surface area contributed by atoms with E-state index in [-0.39, 0.29) is 34.4 Å². The van der Waals surface area contributed by atoms with Crippen LogP contribution in [0, 0.1) is 0 Å². The van der Waals surface area contributed by atoms with Crippen molar-refractivity contribution in [3.05, 3.63) is 65.3 Å². The summed E-state index contributed by atoms with van der Waals surface area (Å²) >= 11 is 7.63. The average Bonchev–Trinajstić information content (AvgIpc) is 3.36. The third-order valence-electron chi connectivity index (χ3n) is 4.59. The van der Waals surface area contributed by atoms with Crippen molar-refractivity contribution in [3.63, 3.8) is 0 Å². The fourth-order valence-electron chi connectivity index (χ4n) is 3.13. The molecule has 2 aliphatic rings. The first-order valence-electron chi connectivity index (χ1n) is 10.1. The van der Waals surface area contributed by atoms with Crippen LogP contribution in [0.5, 0.6) is 0 Å². The average molecular weight is 499 g/mol. The molecule has 1 aromatic heterocycles. The zero-order valence-electron chi connectivity index (χ0n) is 17.8. The van der Waals surface area contributed by atoms with E-state index in [0.29, 0.717) is 30.2 Å². The molecule has 0 spiro atoms. The summed E-state index contributed by atoms with van der Waals surface area (Å²) in [6.07, 6.45) is 5.19. The van der Waals surface area contributed by atoms with Crippen LogP contribution >= 0.6 is 23.4 Å². The Bertz CT molecular complexity index is 1060. The van der Waals surface area contributed by atoms with Gasteiger partial charge in [0.1, 0.15) is 5.76 Å². The molecule has 1 aromatic rings. The summed E-state index contributed by atoms with van der Waals surface area (Å²) in [7, 11) is 0. The molecule has 0 aliphatic carbocycles. The molecule has 1 fully saturated rings. The number of amides is 1. The van der Waals surface area contributed by atoms with Crippen molar-refractivity contribution < 1.29 is 22.7 Å². The minimum absolute atomic E-state index is 0.0232. The minimum atomic E-state index is -4.85. The molecule has 0 atom stereocenters. The summed E-state index contributed by atoms with van der Waals surface area (Å²) in [5.74, 6) is 0.792. The molecule has 1 saturated heterocycles. The summed E-state index contributed by atoms with van der Waals surface area (Å²) in [6, 6.07) is 1.53. The van der Waals surface area contributed by atoms with E-state index in [1.54, 1.807) is 29.1 Å². The molecule has 3 heterocycles. The number of aromatic nitrogens is 2. The maximum atomic E-state index is 13.0. The Morgan fingerprint density at radius 2 is 2.18 bits per heavy atom. The second-order valence-corrected chi connectivity index (χ2v) is 8.58. The molecule has 33 heavy (non-hydrogen) atoms. The zero-order valence-corrected chi connectivity index (χ0v) is 19.4. The van der Waals surface area contributed by atoms with E-state index in [4.69, 9.17) is 11.6 Å². The monoisotopic (exact) mass is 498 g/mol. The molecule has 11 heteroatoms. The van der Waals surface area contributed by atoms with Crippen LogP contribution in [-0.4, -0.2) is 51.3 Å². The van der Waals surface area contributed by atoms with Gasteiger partial charge in [-0.3, -0.25) is 9.79 Å². The largest absolute Gasteiger partial charge is 0.572 e. The van der Waals surface area contributed by atoms with E-state index in [1.165, 1.54) is 29.8 Å². The number of carbonyl (C=O) groups is 1. The lowest BCUT2D eigenvalue weighted by atomic mass is 10.1. The van der Waals surface area contributed by atoms with Crippen LogP contribution in [0.3, 0.4) is 0 Å². The Morgan fingerprint density at radius 1 is 1.39 bits per heavy atom. The van der Waals surface area contributed by atoms with Crippen molar-refractivity contribution in [1.29, 1.82) is 0 Å². The minimum Gasteiger partial charge on any atom is -0.410 e. The highest BCUT2D eigenvalue weighted by atomic mass is 35.5. The zero-order chi connectivity index (χ0) is 24.0. The molecule has 3 rings (SSSR count). The highest BCUT2D eigenvalue weighted by Gasteiger charge is 2.32. The summed E-state index contributed by atoms with van der Waals surface area (Å²) < 4.78 is 44.2. The van der Waals surface area contributed by atoms with Gasteiger partial charge in [0.2, 0.25) is 0 Å². The molecule has 0 aromatic carbocycles. The van der Waals surface area contributed by atoms with E-state index in [9.17, 15) is 18.0 Å². The number of rotatable bonds is 7. The third-order valence-corrected chi connectivity index (χ3v) is 5.67. The van der Waals surface area contributed by atoms with Gasteiger partial charge in [0, 0.05) is 35.5 Å². The van der Waals surface area contributed by atoms with Crippen molar-refractivity contribution in [1.82, 2.24) is 14.7 Å². The molecule has 0 bridgehead atoms. The van der Waals surface area contributed by atoms with Gasteiger partial charge < -0.3 is 9.64 Å². The Balaban J connectivity index is 2.14. The van der Waals surface area contributed by atoms with Crippen LogP contribution in [0.15, 0.2) is 58.9 Å². The van der Waals surface area contributed by atoms with Gasteiger partial charge in [-0.15, -0.1) is 24.9 Å². The number of allylic oxidation sites excluding steroid dienone is 8. The molecular formula is C22H22ClF3N4O2S. The van der Waals surface area contributed by atoms with Crippen molar-refractivity contribution in [2.24, 2.45) is 4.99 Å². The van der Waals surface area contributed by atoms with E-state index in [1.807, 2.05) is 12.2 Å². The molecule has 0 unspecified atom stereocenters. The van der Waals surface area contributed by atoms with Crippen molar-refractivity contribution in [2.75, 3.05) is 18.2 Å². The van der Waals surface area contributed by atoms with Gasteiger partial charge in [-0.05, 0) is 24.6 Å². The molecule has 176 valence electrons. The number of hydrogen-bond donors (Lipinski definition) is 0. The normalized spacial score (nSPS) is 17.2. The van der Waals surface area contributed by atoms with Gasteiger partial charge >= 0.3 is 6.36 Å². The number of nitrogens with zero attached hydrogens (tertiary/aromatic N) is 4. The van der Waals surface area contributed by atoms with Gasteiger partial charge in [0.25, 0.3) is 5.91 Å². The van der Waals surface area contributed by atoms with Gasteiger partial charge in [-0.25, -0.2) is 4.68 Å². The van der Waals surface area contributed by atoms with Gasteiger partial charge in [-0.1, -0.05) is 37.3 Å². The van der Waals surface area contributed by atoms with Crippen molar-refractivity contribution >= 4 is 46.8 Å². The first kappa shape index (κ1) is 24.9. The van der Waals surface area contributed by atoms with E-state index in [0.717, 1.165) is 5.75 Å². The van der Waals surface area contributed by atoms with Crippen LogP contribution in [0.4, 0.5) is 13.2 Å². The maximum Gasteiger partial charge on any atom is 0.572 e. The first-order valence-corrected chi connectivity index (χ1v) is 11.6. The van der Waals surface area contributed by atoms with Crippen LogP contribution < -0.4 is 0 Å². The topological polar surface area (TPSA) is 59.7 Å². The lowest BCUT2D eigenvalue weighted by Crippen LogP contribution is -2.28. The quantitative estimate of drug-likeness (QED) is 0.351. The maximum absolute atomic E-state index is 13.0. The molecule has 0 saturated carbocycles. The van der Waals surface area contributed by atoms with Gasteiger partial charge in [0.05, 0.1) is 23.5 Å². The summed E-state index contributed by atoms with van der Waals surface area (Å²) in [4.78, 5) is 18.8. The Hall–Kier alpha value is -2.72. The smallest absolute Gasteiger partial charge is 0.410 e. The third kappa shape index (κ3) is 6.88. The highest BCUT2D eigenvalue weighted by Crippen LogP contribution is 2.29.